The van der Waals surface area contributed by atoms with Gasteiger partial charge in [-0.05, 0) is 45.7 Å². The van der Waals surface area contributed by atoms with Crippen LogP contribution in [0.15, 0.2) is 29.4 Å². The number of nitrogen functional groups attached to an aromatic ring is 1. The Morgan fingerprint density at radius 2 is 1.97 bits per heavy atom. The Labute approximate surface area is 186 Å². The SMILES string of the molecule is CC(C)(C)OC(=O)N1CCC[C@H](NS(=O)(=O)c2cc(Cl)nc(-c3cnc(N)nc3)c2)C1. The Morgan fingerprint density at radius 1 is 1.29 bits per heavy atom. The second-order valence-corrected chi connectivity index (χ2v) is 10.3. The van der Waals surface area contributed by atoms with Crippen LogP contribution in [0.4, 0.5) is 10.7 Å². The van der Waals surface area contributed by atoms with Gasteiger partial charge in [-0.2, -0.15) is 0 Å². The van der Waals surface area contributed by atoms with Gasteiger partial charge in [-0.15, -0.1) is 0 Å². The molecular formula is C19H25ClN6O4S. The topological polar surface area (TPSA) is 140 Å². The maximum atomic E-state index is 13.0. The number of ether oxygens (including phenoxy) is 1. The average molecular weight is 469 g/mol. The van der Waals surface area contributed by atoms with Gasteiger partial charge < -0.3 is 15.4 Å². The molecule has 31 heavy (non-hydrogen) atoms. The minimum Gasteiger partial charge on any atom is -0.444 e. The van der Waals surface area contributed by atoms with E-state index in [1.165, 1.54) is 29.4 Å². The fraction of sp³-hybridized carbons (Fsp3) is 0.474. The van der Waals surface area contributed by atoms with Crippen molar-refractivity contribution < 1.29 is 17.9 Å². The molecule has 1 atom stereocenters. The van der Waals surface area contributed by atoms with Crippen molar-refractivity contribution in [2.75, 3.05) is 18.8 Å². The van der Waals surface area contributed by atoms with Crippen LogP contribution in [0.3, 0.4) is 0 Å². The second kappa shape index (κ2) is 8.93. The number of likely N-dealkylation sites (tertiary alicyclic amines) is 1. The molecule has 12 heteroatoms. The molecule has 3 rings (SSSR count). The normalized spacial score (nSPS) is 17.4. The summed E-state index contributed by atoms with van der Waals surface area (Å²) in [5.41, 5.74) is 5.64. The third kappa shape index (κ3) is 6.25. The van der Waals surface area contributed by atoms with E-state index in [-0.39, 0.29) is 22.5 Å². The highest BCUT2D eigenvalue weighted by atomic mass is 35.5. The summed E-state index contributed by atoms with van der Waals surface area (Å²) in [6, 6.07) is 2.19. The summed E-state index contributed by atoms with van der Waals surface area (Å²) in [6.45, 7) is 6.07. The molecule has 3 N–H and O–H groups in total. The van der Waals surface area contributed by atoms with Gasteiger partial charge in [0, 0.05) is 37.1 Å². The lowest BCUT2D eigenvalue weighted by Gasteiger charge is -2.34. The van der Waals surface area contributed by atoms with Crippen molar-refractivity contribution in [3.05, 3.63) is 29.7 Å². The number of amides is 1. The van der Waals surface area contributed by atoms with Crippen LogP contribution in [0.2, 0.25) is 5.15 Å². The van der Waals surface area contributed by atoms with E-state index >= 15 is 0 Å². The van der Waals surface area contributed by atoms with Gasteiger partial charge in [-0.3, -0.25) is 0 Å². The summed E-state index contributed by atoms with van der Waals surface area (Å²) in [5.74, 6) is 0.0899. The van der Waals surface area contributed by atoms with E-state index in [4.69, 9.17) is 22.1 Å². The summed E-state index contributed by atoms with van der Waals surface area (Å²) >= 11 is 6.07. The summed E-state index contributed by atoms with van der Waals surface area (Å²) in [6.07, 6.45) is 3.65. The number of nitrogens with one attached hydrogen (secondary N) is 1. The van der Waals surface area contributed by atoms with E-state index in [2.05, 4.69) is 19.7 Å². The average Bonchev–Trinajstić information content (AvgIpc) is 2.66. The maximum Gasteiger partial charge on any atom is 0.410 e. The second-order valence-electron chi connectivity index (χ2n) is 8.23. The van der Waals surface area contributed by atoms with Crippen molar-refractivity contribution in [1.82, 2.24) is 24.6 Å². The number of carbonyl (C=O) groups is 1. The number of hydrogen-bond acceptors (Lipinski definition) is 8. The van der Waals surface area contributed by atoms with Crippen molar-refractivity contribution in [1.29, 1.82) is 0 Å². The fourth-order valence-electron chi connectivity index (χ4n) is 3.10. The molecule has 10 nitrogen and oxygen atoms in total. The minimum atomic E-state index is -3.92. The summed E-state index contributed by atoms with van der Waals surface area (Å²) < 4.78 is 34.1. The quantitative estimate of drug-likeness (QED) is 0.652. The molecular weight excluding hydrogens is 444 g/mol. The number of rotatable bonds is 4. The number of sulfonamides is 1. The van der Waals surface area contributed by atoms with E-state index in [1.54, 1.807) is 20.8 Å². The molecule has 1 aliphatic rings. The molecule has 1 aliphatic heterocycles. The van der Waals surface area contributed by atoms with Crippen LogP contribution in [0.5, 0.6) is 0 Å². The summed E-state index contributed by atoms with van der Waals surface area (Å²) in [7, 11) is -3.92. The number of piperidine rings is 1. The fourth-order valence-corrected chi connectivity index (χ4v) is 4.67. The summed E-state index contributed by atoms with van der Waals surface area (Å²) in [5, 5.41) is 0.00808. The Balaban J connectivity index is 1.77. The predicted octanol–water partition coefficient (Wildman–Crippen LogP) is 2.45. The lowest BCUT2D eigenvalue weighted by molar-refractivity contribution is 0.0195. The molecule has 168 valence electrons. The lowest BCUT2D eigenvalue weighted by Crippen LogP contribution is -2.50. The molecule has 2 aromatic heterocycles. The van der Waals surface area contributed by atoms with Crippen LogP contribution in [0.1, 0.15) is 33.6 Å². The molecule has 0 saturated carbocycles. The monoisotopic (exact) mass is 468 g/mol. The van der Waals surface area contributed by atoms with Gasteiger partial charge in [0.2, 0.25) is 16.0 Å². The third-order valence-electron chi connectivity index (χ3n) is 4.44. The zero-order valence-electron chi connectivity index (χ0n) is 17.5. The largest absolute Gasteiger partial charge is 0.444 e. The van der Waals surface area contributed by atoms with E-state index in [1.807, 2.05) is 0 Å². The number of hydrogen-bond donors (Lipinski definition) is 2. The number of pyridine rings is 1. The highest BCUT2D eigenvalue weighted by Gasteiger charge is 2.30. The van der Waals surface area contributed by atoms with Crippen molar-refractivity contribution in [2.24, 2.45) is 0 Å². The van der Waals surface area contributed by atoms with Gasteiger partial charge in [-0.1, -0.05) is 11.6 Å². The Kier molecular flexibility index (Phi) is 6.68. The van der Waals surface area contributed by atoms with Crippen molar-refractivity contribution in [2.45, 2.75) is 50.2 Å². The molecule has 0 aromatic carbocycles. The number of nitrogens with two attached hydrogens (primary N) is 1. The van der Waals surface area contributed by atoms with Crippen LogP contribution >= 0.6 is 11.6 Å². The van der Waals surface area contributed by atoms with Crippen LogP contribution in [-0.4, -0.2) is 59.1 Å². The zero-order chi connectivity index (χ0) is 22.8. The molecule has 0 spiro atoms. The van der Waals surface area contributed by atoms with Crippen molar-refractivity contribution >= 4 is 33.7 Å². The standard InChI is InChI=1S/C19H25ClN6O4S/c1-19(2,3)30-18(27)26-6-4-5-13(11-26)25-31(28,29)14-7-15(24-16(20)8-14)12-9-22-17(21)23-10-12/h7-10,13,25H,4-6,11H2,1-3H3,(H2,21,22,23)/t13-/m0/s1. The highest BCUT2D eigenvalue weighted by Crippen LogP contribution is 2.24. The lowest BCUT2D eigenvalue weighted by atomic mass is 10.1. The highest BCUT2D eigenvalue weighted by molar-refractivity contribution is 7.89. The summed E-state index contributed by atoms with van der Waals surface area (Å²) in [4.78, 5) is 25.7. The number of carbonyl (C=O) groups excluding carboxylic acids is 1. The van der Waals surface area contributed by atoms with Crippen LogP contribution < -0.4 is 10.5 Å². The number of anilines is 1. The number of halogens is 1. The third-order valence-corrected chi connectivity index (χ3v) is 6.13. The number of nitrogens with zero attached hydrogens (tertiary/aromatic N) is 4. The van der Waals surface area contributed by atoms with E-state index in [9.17, 15) is 13.2 Å². The molecule has 1 saturated heterocycles. The van der Waals surface area contributed by atoms with E-state index < -0.39 is 27.8 Å². The first-order chi connectivity index (χ1) is 14.4. The Bertz CT molecular complexity index is 1060. The predicted molar refractivity (Wildman–Crippen MR) is 116 cm³/mol. The first kappa shape index (κ1) is 23.2. The smallest absolute Gasteiger partial charge is 0.410 e. The minimum absolute atomic E-state index is 0.00808. The molecule has 3 heterocycles. The van der Waals surface area contributed by atoms with Gasteiger partial charge in [0.05, 0.1) is 10.6 Å². The van der Waals surface area contributed by atoms with E-state index in [0.717, 1.165) is 0 Å². The zero-order valence-corrected chi connectivity index (χ0v) is 19.1. The van der Waals surface area contributed by atoms with Crippen LogP contribution in [0, 0.1) is 0 Å². The molecule has 0 aliphatic carbocycles. The van der Waals surface area contributed by atoms with E-state index in [0.29, 0.717) is 30.6 Å². The van der Waals surface area contributed by atoms with Crippen LogP contribution in [0.25, 0.3) is 11.3 Å². The first-order valence-electron chi connectivity index (χ1n) is 9.69. The van der Waals surface area contributed by atoms with Gasteiger partial charge in [0.15, 0.2) is 0 Å². The molecule has 0 radical (unpaired) electrons. The first-order valence-corrected chi connectivity index (χ1v) is 11.5. The van der Waals surface area contributed by atoms with Crippen molar-refractivity contribution in [3.63, 3.8) is 0 Å². The van der Waals surface area contributed by atoms with Gasteiger partial charge in [-0.25, -0.2) is 32.9 Å². The molecule has 0 bridgehead atoms. The number of aromatic nitrogens is 3. The molecule has 1 amide bonds. The van der Waals surface area contributed by atoms with Crippen LogP contribution in [-0.2, 0) is 14.8 Å². The maximum absolute atomic E-state index is 13.0. The Hall–Kier alpha value is -2.50. The van der Waals surface area contributed by atoms with Gasteiger partial charge in [0.25, 0.3) is 0 Å². The molecule has 0 unspecified atom stereocenters. The van der Waals surface area contributed by atoms with Crippen molar-refractivity contribution in [3.8, 4) is 11.3 Å². The molecule has 2 aromatic rings. The van der Waals surface area contributed by atoms with Gasteiger partial charge in [0.1, 0.15) is 10.8 Å². The Morgan fingerprint density at radius 3 is 2.61 bits per heavy atom. The van der Waals surface area contributed by atoms with Gasteiger partial charge >= 0.3 is 6.09 Å². The molecule has 1 fully saturated rings.